The summed E-state index contributed by atoms with van der Waals surface area (Å²) in [6.45, 7) is 0. The molecule has 0 heterocycles. The van der Waals surface area contributed by atoms with Gasteiger partial charge in [0.05, 0.1) is 7.05 Å². The SMILES string of the molecule is CN/C=N\N(C)O. The normalized spacial score (nSPS) is 9.57. The van der Waals surface area contributed by atoms with Crippen molar-refractivity contribution in [3.63, 3.8) is 0 Å². The molecule has 0 spiro atoms. The highest BCUT2D eigenvalue weighted by Crippen LogP contribution is 1.65. The highest BCUT2D eigenvalue weighted by molar-refractivity contribution is 5.52. The quantitative estimate of drug-likeness (QED) is 0.280. The maximum Gasteiger partial charge on any atom is 0.111 e. The summed E-state index contributed by atoms with van der Waals surface area (Å²) in [5.74, 6) is 0. The summed E-state index contributed by atoms with van der Waals surface area (Å²) in [5, 5.41) is 15.0. The molecule has 0 aromatic heterocycles. The molecule has 0 aromatic rings. The van der Waals surface area contributed by atoms with E-state index in [1.165, 1.54) is 13.4 Å². The summed E-state index contributed by atoms with van der Waals surface area (Å²) < 4.78 is 0. The van der Waals surface area contributed by atoms with E-state index in [0.29, 0.717) is 0 Å². The zero-order chi connectivity index (χ0) is 5.70. The number of rotatable bonds is 2. The van der Waals surface area contributed by atoms with Gasteiger partial charge in [0, 0.05) is 7.05 Å². The summed E-state index contributed by atoms with van der Waals surface area (Å²) in [6.07, 6.45) is 1.38. The lowest BCUT2D eigenvalue weighted by Crippen LogP contribution is -2.09. The molecule has 0 fully saturated rings. The molecule has 0 unspecified atom stereocenters. The van der Waals surface area contributed by atoms with E-state index in [4.69, 9.17) is 5.21 Å². The molecule has 7 heavy (non-hydrogen) atoms. The summed E-state index contributed by atoms with van der Waals surface area (Å²) in [7, 11) is 3.13. The van der Waals surface area contributed by atoms with E-state index in [2.05, 4.69) is 10.4 Å². The largest absolute Gasteiger partial charge is 0.378 e. The van der Waals surface area contributed by atoms with Gasteiger partial charge in [-0.15, -0.1) is 5.10 Å². The van der Waals surface area contributed by atoms with Crippen LogP contribution in [0.3, 0.4) is 0 Å². The standard InChI is InChI=1S/C3H9N3O/c1-4-3-5-6(2)7/h3,7H,1-2H3,(H,4,5). The second-order valence-electron chi connectivity index (χ2n) is 1.02. The average Bonchev–Trinajstić information content (AvgIpc) is 1.61. The Labute approximate surface area is 42.4 Å². The van der Waals surface area contributed by atoms with E-state index in [1.54, 1.807) is 7.05 Å². The summed E-state index contributed by atoms with van der Waals surface area (Å²) in [6, 6.07) is 0. The lowest BCUT2D eigenvalue weighted by molar-refractivity contribution is -0.0625. The van der Waals surface area contributed by atoms with Gasteiger partial charge in [0.15, 0.2) is 0 Å². The van der Waals surface area contributed by atoms with Gasteiger partial charge in [-0.3, -0.25) is 5.21 Å². The Hall–Kier alpha value is -0.770. The molecule has 0 bridgehead atoms. The molecule has 0 atom stereocenters. The molecule has 42 valence electrons. The second kappa shape index (κ2) is 3.42. The molecule has 0 rings (SSSR count). The number of nitrogens with one attached hydrogen (secondary N) is 1. The topological polar surface area (TPSA) is 47.9 Å². The maximum absolute atomic E-state index is 8.28. The van der Waals surface area contributed by atoms with E-state index in [1.807, 2.05) is 0 Å². The fourth-order valence-electron chi connectivity index (χ4n) is 0.141. The molecule has 0 aliphatic heterocycles. The fraction of sp³-hybridized carbons (Fsp3) is 0.667. The van der Waals surface area contributed by atoms with Crippen molar-refractivity contribution in [3.05, 3.63) is 0 Å². The van der Waals surface area contributed by atoms with E-state index in [0.717, 1.165) is 5.17 Å². The Bertz CT molecular complexity index is 61.2. The van der Waals surface area contributed by atoms with E-state index in [-0.39, 0.29) is 0 Å². The fourth-order valence-corrected chi connectivity index (χ4v) is 0.141. The molecule has 0 saturated heterocycles. The summed E-state index contributed by atoms with van der Waals surface area (Å²) >= 11 is 0. The van der Waals surface area contributed by atoms with Crippen LogP contribution in [-0.2, 0) is 0 Å². The lowest BCUT2D eigenvalue weighted by atomic mass is 11.2. The Morgan fingerprint density at radius 1 is 1.86 bits per heavy atom. The minimum absolute atomic E-state index is 0.719. The molecular weight excluding hydrogens is 94.1 g/mol. The van der Waals surface area contributed by atoms with Gasteiger partial charge in [-0.2, -0.15) is 5.17 Å². The monoisotopic (exact) mass is 103 g/mol. The highest BCUT2D eigenvalue weighted by Gasteiger charge is 1.71. The van der Waals surface area contributed by atoms with Crippen LogP contribution >= 0.6 is 0 Å². The number of nitrogens with zero attached hydrogens (tertiary/aromatic N) is 2. The first kappa shape index (κ1) is 6.23. The smallest absolute Gasteiger partial charge is 0.111 e. The van der Waals surface area contributed by atoms with Crippen LogP contribution in [0.2, 0.25) is 0 Å². The van der Waals surface area contributed by atoms with Crippen molar-refractivity contribution in [3.8, 4) is 0 Å². The second-order valence-corrected chi connectivity index (χ2v) is 1.02. The minimum Gasteiger partial charge on any atom is -0.378 e. The van der Waals surface area contributed by atoms with Gasteiger partial charge in [0.25, 0.3) is 0 Å². The summed E-state index contributed by atoms with van der Waals surface area (Å²) in [4.78, 5) is 0. The van der Waals surface area contributed by atoms with Crippen molar-refractivity contribution < 1.29 is 5.21 Å². The van der Waals surface area contributed by atoms with Crippen LogP contribution in [-0.4, -0.2) is 30.8 Å². The molecule has 0 radical (unpaired) electrons. The molecule has 0 saturated carbocycles. The third-order valence-corrected chi connectivity index (χ3v) is 0.354. The Kier molecular flexibility index (Phi) is 3.04. The predicted octanol–water partition coefficient (Wildman–Crippen LogP) is -0.530. The van der Waals surface area contributed by atoms with Crippen LogP contribution in [0.5, 0.6) is 0 Å². The zero-order valence-corrected chi connectivity index (χ0v) is 4.42. The van der Waals surface area contributed by atoms with Crippen molar-refractivity contribution in [1.82, 2.24) is 10.5 Å². The molecule has 0 aromatic carbocycles. The van der Waals surface area contributed by atoms with Gasteiger partial charge in [0.2, 0.25) is 0 Å². The Morgan fingerprint density at radius 2 is 2.43 bits per heavy atom. The first-order valence-electron chi connectivity index (χ1n) is 1.89. The molecule has 0 amide bonds. The molecule has 0 aliphatic rings. The van der Waals surface area contributed by atoms with Crippen molar-refractivity contribution in [1.29, 1.82) is 0 Å². The third-order valence-electron chi connectivity index (χ3n) is 0.354. The van der Waals surface area contributed by atoms with Crippen molar-refractivity contribution in [2.24, 2.45) is 5.10 Å². The van der Waals surface area contributed by atoms with Gasteiger partial charge >= 0.3 is 0 Å². The van der Waals surface area contributed by atoms with Crippen molar-refractivity contribution >= 4 is 6.34 Å². The van der Waals surface area contributed by atoms with Crippen LogP contribution in [0.25, 0.3) is 0 Å². The van der Waals surface area contributed by atoms with Crippen LogP contribution in [0, 0.1) is 0 Å². The zero-order valence-electron chi connectivity index (χ0n) is 4.42. The Morgan fingerprint density at radius 3 is 2.57 bits per heavy atom. The minimum atomic E-state index is 0.719. The van der Waals surface area contributed by atoms with Crippen molar-refractivity contribution in [2.75, 3.05) is 14.1 Å². The Balaban J connectivity index is 3.08. The van der Waals surface area contributed by atoms with E-state index in [9.17, 15) is 0 Å². The summed E-state index contributed by atoms with van der Waals surface area (Å²) in [5.41, 5.74) is 0. The van der Waals surface area contributed by atoms with E-state index >= 15 is 0 Å². The first-order chi connectivity index (χ1) is 3.27. The molecule has 4 nitrogen and oxygen atoms in total. The highest BCUT2D eigenvalue weighted by atomic mass is 16.5. The van der Waals surface area contributed by atoms with Crippen LogP contribution in [0.15, 0.2) is 5.10 Å². The van der Waals surface area contributed by atoms with Gasteiger partial charge < -0.3 is 5.32 Å². The molecular formula is C3H9N3O. The first-order valence-corrected chi connectivity index (χ1v) is 1.89. The molecule has 0 aliphatic carbocycles. The van der Waals surface area contributed by atoms with Gasteiger partial charge in [-0.05, 0) is 0 Å². The van der Waals surface area contributed by atoms with Gasteiger partial charge in [-0.25, -0.2) is 0 Å². The average molecular weight is 103 g/mol. The van der Waals surface area contributed by atoms with Crippen LogP contribution < -0.4 is 5.32 Å². The number of hydrazone groups is 1. The molecule has 4 heteroatoms. The van der Waals surface area contributed by atoms with Crippen LogP contribution in [0.4, 0.5) is 0 Å². The number of hydroxylamine groups is 1. The number of hydrogen-bond donors (Lipinski definition) is 2. The van der Waals surface area contributed by atoms with Gasteiger partial charge in [-0.1, -0.05) is 0 Å². The molecule has 2 N–H and O–H groups in total. The lowest BCUT2D eigenvalue weighted by Gasteiger charge is -1.97. The van der Waals surface area contributed by atoms with E-state index < -0.39 is 0 Å². The maximum atomic E-state index is 8.28. The predicted molar refractivity (Wildman–Crippen MR) is 27.1 cm³/mol. The number of hydrogen-bond acceptors (Lipinski definition) is 3. The van der Waals surface area contributed by atoms with Crippen LogP contribution in [0.1, 0.15) is 0 Å². The van der Waals surface area contributed by atoms with Gasteiger partial charge in [0.1, 0.15) is 6.34 Å². The third kappa shape index (κ3) is 5.23. The van der Waals surface area contributed by atoms with Crippen molar-refractivity contribution in [2.45, 2.75) is 0 Å².